The number of piperazine rings is 1. The van der Waals surface area contributed by atoms with Crippen LogP contribution in [0, 0.1) is 0 Å². The number of thiazole rings is 1. The summed E-state index contributed by atoms with van der Waals surface area (Å²) in [5.74, 6) is -0.430. The summed E-state index contributed by atoms with van der Waals surface area (Å²) in [6, 6.07) is 0.231. The second-order valence-corrected chi connectivity index (χ2v) is 6.64. The van der Waals surface area contributed by atoms with Crippen LogP contribution < -0.4 is 0 Å². The molecule has 1 aromatic heterocycles. The van der Waals surface area contributed by atoms with E-state index in [4.69, 9.17) is 0 Å². The summed E-state index contributed by atoms with van der Waals surface area (Å²) in [6.07, 6.45) is 2.17. The number of nitrogens with zero attached hydrogens (tertiary/aromatic N) is 3. The van der Waals surface area contributed by atoms with Crippen LogP contribution in [0.15, 0.2) is 0 Å². The predicted octanol–water partition coefficient (Wildman–Crippen LogP) is 1.64. The second-order valence-electron chi connectivity index (χ2n) is 5.60. The van der Waals surface area contributed by atoms with Gasteiger partial charge in [0.2, 0.25) is 0 Å². The maximum Gasteiger partial charge on any atom is 0.347 e. The topological polar surface area (TPSA) is 56.7 Å². The average Bonchev–Trinajstić information content (AvgIpc) is 3.11. The number of rotatable bonds is 3. The van der Waals surface area contributed by atoms with E-state index in [0.29, 0.717) is 10.8 Å². The molecule has 1 atom stereocenters. The summed E-state index contributed by atoms with van der Waals surface area (Å²) in [5.41, 5.74) is 0.828. The molecule has 1 N–H and O–H groups in total. The molecule has 2 heterocycles. The Kier molecular flexibility index (Phi) is 3.32. The summed E-state index contributed by atoms with van der Waals surface area (Å²) in [7, 11) is 4.20. The van der Waals surface area contributed by atoms with Gasteiger partial charge < -0.3 is 10.0 Å². The molecule has 5 nitrogen and oxygen atoms in total. The number of carboxylic acid groups (broad SMARTS) is 1. The number of carbonyl (C=O) groups is 1. The van der Waals surface area contributed by atoms with Gasteiger partial charge in [0.25, 0.3) is 0 Å². The van der Waals surface area contributed by atoms with Crippen molar-refractivity contribution in [3.63, 3.8) is 0 Å². The fourth-order valence-electron chi connectivity index (χ4n) is 2.56. The largest absolute Gasteiger partial charge is 0.477 e. The molecular formula is C13H19N3O2S. The molecule has 2 aliphatic rings. The van der Waals surface area contributed by atoms with E-state index in [-0.39, 0.29) is 6.04 Å². The Bertz CT molecular complexity index is 498. The fraction of sp³-hybridized carbons (Fsp3) is 0.692. The molecule has 2 fully saturated rings. The molecule has 19 heavy (non-hydrogen) atoms. The van der Waals surface area contributed by atoms with Gasteiger partial charge in [-0.1, -0.05) is 0 Å². The van der Waals surface area contributed by atoms with Crippen LogP contribution in [0.2, 0.25) is 0 Å². The number of aromatic nitrogens is 1. The van der Waals surface area contributed by atoms with E-state index in [0.717, 1.165) is 43.2 Å². The molecule has 0 spiro atoms. The van der Waals surface area contributed by atoms with Gasteiger partial charge in [-0.25, -0.2) is 9.78 Å². The minimum atomic E-state index is -0.822. The van der Waals surface area contributed by atoms with E-state index in [1.54, 1.807) is 0 Å². The molecule has 1 saturated carbocycles. The highest BCUT2D eigenvalue weighted by atomic mass is 32.1. The molecular weight excluding hydrogens is 262 g/mol. The van der Waals surface area contributed by atoms with Gasteiger partial charge in [-0.3, -0.25) is 4.90 Å². The number of likely N-dealkylation sites (N-methyl/N-ethyl adjacent to an activating group) is 2. The standard InChI is InChI=1S/C13H19N3O2S/c1-15-5-6-16(2)9(7-15)12-14-10(8-3-4-8)11(19-12)13(17)18/h8-9H,3-7H2,1-2H3,(H,17,18). The molecule has 0 aromatic carbocycles. The first-order valence-electron chi connectivity index (χ1n) is 6.69. The van der Waals surface area contributed by atoms with Crippen LogP contribution in [-0.4, -0.2) is 59.6 Å². The molecule has 0 bridgehead atoms. The van der Waals surface area contributed by atoms with Crippen LogP contribution in [-0.2, 0) is 0 Å². The molecule has 1 aromatic rings. The van der Waals surface area contributed by atoms with Gasteiger partial charge in [0.1, 0.15) is 9.88 Å². The third-order valence-electron chi connectivity index (χ3n) is 3.96. The zero-order valence-electron chi connectivity index (χ0n) is 11.3. The number of hydrogen-bond acceptors (Lipinski definition) is 5. The second kappa shape index (κ2) is 4.85. The van der Waals surface area contributed by atoms with Crippen molar-refractivity contribution in [3.05, 3.63) is 15.6 Å². The molecule has 3 rings (SSSR count). The summed E-state index contributed by atoms with van der Waals surface area (Å²) in [5, 5.41) is 10.3. The van der Waals surface area contributed by atoms with Crippen molar-refractivity contribution in [1.29, 1.82) is 0 Å². The maximum absolute atomic E-state index is 11.3. The van der Waals surface area contributed by atoms with Crippen molar-refractivity contribution in [2.45, 2.75) is 24.8 Å². The molecule has 0 radical (unpaired) electrons. The first-order valence-corrected chi connectivity index (χ1v) is 7.50. The molecule has 1 unspecified atom stereocenters. The number of aromatic carboxylic acids is 1. The van der Waals surface area contributed by atoms with Crippen molar-refractivity contribution < 1.29 is 9.90 Å². The van der Waals surface area contributed by atoms with Crippen LogP contribution in [0.25, 0.3) is 0 Å². The third-order valence-corrected chi connectivity index (χ3v) is 5.12. The van der Waals surface area contributed by atoms with E-state index in [1.807, 2.05) is 0 Å². The Morgan fingerprint density at radius 2 is 2.11 bits per heavy atom. The van der Waals surface area contributed by atoms with Crippen LogP contribution >= 0.6 is 11.3 Å². The quantitative estimate of drug-likeness (QED) is 0.912. The van der Waals surface area contributed by atoms with Crippen molar-refractivity contribution in [2.75, 3.05) is 33.7 Å². The normalized spacial score (nSPS) is 25.7. The van der Waals surface area contributed by atoms with Crippen LogP contribution in [0.4, 0.5) is 0 Å². The van der Waals surface area contributed by atoms with Crippen molar-refractivity contribution >= 4 is 17.3 Å². The highest BCUT2D eigenvalue weighted by Crippen LogP contribution is 2.44. The molecule has 0 amide bonds. The molecule has 6 heteroatoms. The summed E-state index contributed by atoms with van der Waals surface area (Å²) < 4.78 is 0. The van der Waals surface area contributed by atoms with Gasteiger partial charge in [0.05, 0.1) is 11.7 Å². The highest BCUT2D eigenvalue weighted by Gasteiger charge is 2.35. The fourth-order valence-corrected chi connectivity index (χ4v) is 3.70. The first kappa shape index (κ1) is 13.0. The third kappa shape index (κ3) is 2.52. The van der Waals surface area contributed by atoms with Crippen LogP contribution in [0.3, 0.4) is 0 Å². The Morgan fingerprint density at radius 1 is 1.37 bits per heavy atom. The summed E-state index contributed by atoms with van der Waals surface area (Å²) >= 11 is 1.37. The number of carboxylic acids is 1. The Morgan fingerprint density at radius 3 is 2.74 bits per heavy atom. The van der Waals surface area contributed by atoms with E-state index >= 15 is 0 Å². The van der Waals surface area contributed by atoms with Crippen LogP contribution in [0.1, 0.15) is 45.2 Å². The monoisotopic (exact) mass is 281 g/mol. The zero-order valence-corrected chi connectivity index (χ0v) is 12.1. The van der Waals surface area contributed by atoms with E-state index < -0.39 is 5.97 Å². The lowest BCUT2D eigenvalue weighted by Crippen LogP contribution is -2.44. The smallest absolute Gasteiger partial charge is 0.347 e. The van der Waals surface area contributed by atoms with Gasteiger partial charge in [0.15, 0.2) is 0 Å². The van der Waals surface area contributed by atoms with Crippen LogP contribution in [0.5, 0.6) is 0 Å². The lowest BCUT2D eigenvalue weighted by molar-refractivity contribution is 0.0700. The van der Waals surface area contributed by atoms with Gasteiger partial charge in [-0.2, -0.15) is 0 Å². The Hall–Kier alpha value is -0.980. The zero-order chi connectivity index (χ0) is 13.6. The van der Waals surface area contributed by atoms with E-state index in [2.05, 4.69) is 28.9 Å². The lowest BCUT2D eigenvalue weighted by Gasteiger charge is -2.36. The minimum Gasteiger partial charge on any atom is -0.477 e. The minimum absolute atomic E-state index is 0.231. The van der Waals surface area contributed by atoms with Gasteiger partial charge >= 0.3 is 5.97 Å². The molecule has 104 valence electrons. The lowest BCUT2D eigenvalue weighted by atomic mass is 10.2. The Balaban J connectivity index is 1.91. The van der Waals surface area contributed by atoms with E-state index in [9.17, 15) is 9.90 Å². The number of hydrogen-bond donors (Lipinski definition) is 1. The van der Waals surface area contributed by atoms with Crippen molar-refractivity contribution in [3.8, 4) is 0 Å². The van der Waals surface area contributed by atoms with Gasteiger partial charge in [-0.05, 0) is 26.9 Å². The Labute approximate surface area is 116 Å². The molecule has 1 aliphatic carbocycles. The molecule has 1 aliphatic heterocycles. The van der Waals surface area contributed by atoms with Crippen molar-refractivity contribution in [1.82, 2.24) is 14.8 Å². The highest BCUT2D eigenvalue weighted by molar-refractivity contribution is 7.13. The molecule has 1 saturated heterocycles. The average molecular weight is 281 g/mol. The van der Waals surface area contributed by atoms with Gasteiger partial charge in [0, 0.05) is 25.6 Å². The first-order chi connectivity index (χ1) is 9.06. The van der Waals surface area contributed by atoms with Gasteiger partial charge in [-0.15, -0.1) is 11.3 Å². The van der Waals surface area contributed by atoms with E-state index in [1.165, 1.54) is 11.3 Å². The predicted molar refractivity (Wildman–Crippen MR) is 73.9 cm³/mol. The summed E-state index contributed by atoms with van der Waals surface area (Å²) in [6.45, 7) is 2.98. The summed E-state index contributed by atoms with van der Waals surface area (Å²) in [4.78, 5) is 21.0. The maximum atomic E-state index is 11.3. The van der Waals surface area contributed by atoms with Crippen molar-refractivity contribution in [2.24, 2.45) is 0 Å². The SMILES string of the molecule is CN1CCN(C)C(c2nc(C3CC3)c(C(=O)O)s2)C1.